The van der Waals surface area contributed by atoms with Crippen LogP contribution in [0.4, 0.5) is 0 Å². The van der Waals surface area contributed by atoms with Gasteiger partial charge in [0, 0.05) is 28.7 Å². The molecule has 2 aromatic heterocycles. The van der Waals surface area contributed by atoms with Crippen LogP contribution in [0.3, 0.4) is 0 Å². The summed E-state index contributed by atoms with van der Waals surface area (Å²) in [5.74, 6) is 1.53. The summed E-state index contributed by atoms with van der Waals surface area (Å²) < 4.78 is 25.9. The Kier molecular flexibility index (Phi) is 6.26. The summed E-state index contributed by atoms with van der Waals surface area (Å²) in [5.41, 5.74) is 9.90. The number of benzene rings is 1. The van der Waals surface area contributed by atoms with Crippen molar-refractivity contribution >= 4 is 27.4 Å². The molecule has 2 aliphatic rings. The molecule has 8 heteroatoms. The molecular weight excluding hydrogens is 438 g/mol. The van der Waals surface area contributed by atoms with Gasteiger partial charge >= 0.3 is 0 Å². The monoisotopic (exact) mass is 471 g/mol. The highest BCUT2D eigenvalue weighted by molar-refractivity contribution is 8.24. The van der Waals surface area contributed by atoms with E-state index >= 15 is 0 Å². The number of likely N-dealkylation sites (tertiary alicyclic amines) is 1. The number of rotatable bonds is 5. The Morgan fingerprint density at radius 2 is 1.82 bits per heavy atom. The maximum atomic E-state index is 12.3. The van der Waals surface area contributed by atoms with Gasteiger partial charge < -0.3 is 15.1 Å². The molecule has 2 saturated heterocycles. The van der Waals surface area contributed by atoms with Crippen LogP contribution in [0.1, 0.15) is 66.1 Å². The third kappa shape index (κ3) is 4.84. The minimum Gasteiger partial charge on any atom is -0.467 e. The van der Waals surface area contributed by atoms with E-state index in [2.05, 4.69) is 22.0 Å². The van der Waals surface area contributed by atoms with E-state index in [0.29, 0.717) is 17.1 Å². The van der Waals surface area contributed by atoms with Gasteiger partial charge in [0.05, 0.1) is 23.9 Å². The number of nitrogens with two attached hydrogens (primary N) is 1. The second-order valence-electron chi connectivity index (χ2n) is 9.53. The number of aromatic amines is 1. The molecule has 33 heavy (non-hydrogen) atoms. The summed E-state index contributed by atoms with van der Waals surface area (Å²) in [4.78, 5) is 18.0. The second-order valence-corrected chi connectivity index (χ2v) is 12.0. The minimum atomic E-state index is -2.45. The zero-order chi connectivity index (χ0) is 23.0. The van der Waals surface area contributed by atoms with E-state index in [0.717, 1.165) is 65.8 Å². The number of carbonyl (C=O) groups excluding carboxylic acids is 1. The second kappa shape index (κ2) is 9.18. The third-order valence-corrected chi connectivity index (χ3v) is 8.96. The van der Waals surface area contributed by atoms with Crippen LogP contribution in [0.25, 0.3) is 22.0 Å². The summed E-state index contributed by atoms with van der Waals surface area (Å²) in [6.07, 6.45) is 10.2. The smallest absolute Gasteiger partial charge is 0.250 e. The van der Waals surface area contributed by atoms with E-state index in [1.165, 1.54) is 25.7 Å². The van der Waals surface area contributed by atoms with Gasteiger partial charge in [0.25, 0.3) is 5.91 Å². The van der Waals surface area contributed by atoms with E-state index in [1.54, 1.807) is 6.26 Å². The highest BCUT2D eigenvalue weighted by atomic mass is 32.3. The van der Waals surface area contributed by atoms with Gasteiger partial charge in [-0.3, -0.25) is 18.8 Å². The number of primary amides is 1. The number of nitrogens with one attached hydrogen (secondary N) is 1. The maximum Gasteiger partial charge on any atom is 0.250 e. The van der Waals surface area contributed by atoms with E-state index in [-0.39, 0.29) is 5.92 Å². The fourth-order valence-electron chi connectivity index (χ4n) is 5.30. The predicted molar refractivity (Wildman–Crippen MR) is 133 cm³/mol. The fourth-order valence-corrected chi connectivity index (χ4v) is 6.83. The van der Waals surface area contributed by atoms with Gasteiger partial charge in [-0.15, -0.1) is 0 Å². The molecule has 4 heterocycles. The van der Waals surface area contributed by atoms with Gasteiger partial charge in [-0.05, 0) is 74.0 Å². The lowest BCUT2D eigenvalue weighted by Gasteiger charge is -2.39. The molecule has 0 unspecified atom stereocenters. The highest BCUT2D eigenvalue weighted by Crippen LogP contribution is 2.49. The summed E-state index contributed by atoms with van der Waals surface area (Å²) >= 11 is 0. The molecule has 7 nitrogen and oxygen atoms in total. The van der Waals surface area contributed by atoms with Crippen LogP contribution in [-0.2, 0) is 6.54 Å². The SMILES string of the molecule is NC(=O)c1cc(-c2coc(CN3CCCCCC3)c2)cc2c(C3CCS(O)(O)CC3)c[nH]c12. The number of furan rings is 1. The third-order valence-electron chi connectivity index (χ3n) is 7.18. The number of hydrogen-bond donors (Lipinski definition) is 4. The lowest BCUT2D eigenvalue weighted by Crippen LogP contribution is -2.23. The molecule has 0 radical (unpaired) electrons. The first-order valence-electron chi connectivity index (χ1n) is 11.9. The van der Waals surface area contributed by atoms with Crippen LogP contribution < -0.4 is 5.73 Å². The lowest BCUT2D eigenvalue weighted by atomic mass is 9.91. The van der Waals surface area contributed by atoms with E-state index in [1.807, 2.05) is 12.3 Å². The molecule has 1 aromatic carbocycles. The Morgan fingerprint density at radius 3 is 2.52 bits per heavy atom. The molecule has 2 aliphatic heterocycles. The first kappa shape index (κ1) is 22.5. The normalized spacial score (nSPS) is 21.2. The van der Waals surface area contributed by atoms with Crippen LogP contribution in [0.15, 0.2) is 35.1 Å². The standard InChI is InChI=1S/C25H33N3O4S/c26-25(29)22-13-18(19-11-20(32-16-19)15-28-7-3-1-2-4-8-28)12-21-23(14-27-24(21)22)17-5-9-33(30,31)10-6-17/h11-14,16-17,27,30-31H,1-10,15H2,(H2,26,29). The number of nitrogens with zero attached hydrogens (tertiary/aromatic N) is 1. The topological polar surface area (TPSA) is 116 Å². The van der Waals surface area contributed by atoms with Crippen LogP contribution in [0.2, 0.25) is 0 Å². The molecule has 0 saturated carbocycles. The van der Waals surface area contributed by atoms with E-state index < -0.39 is 16.5 Å². The number of H-pyrrole nitrogens is 1. The molecule has 178 valence electrons. The van der Waals surface area contributed by atoms with Gasteiger partial charge in [-0.1, -0.05) is 12.8 Å². The van der Waals surface area contributed by atoms with Crippen molar-refractivity contribution in [3.8, 4) is 11.1 Å². The molecule has 0 bridgehead atoms. The van der Waals surface area contributed by atoms with Crippen molar-refractivity contribution in [1.29, 1.82) is 0 Å². The summed E-state index contributed by atoms with van der Waals surface area (Å²) in [7, 11) is -2.45. The average Bonchev–Trinajstić information content (AvgIpc) is 3.34. The summed E-state index contributed by atoms with van der Waals surface area (Å²) in [6.45, 7) is 3.01. The Bertz CT molecular complexity index is 1130. The molecule has 0 spiro atoms. The Balaban J connectivity index is 1.46. The van der Waals surface area contributed by atoms with Crippen molar-refractivity contribution in [3.05, 3.63) is 47.5 Å². The fraction of sp³-hybridized carbons (Fsp3) is 0.480. The molecule has 3 aromatic rings. The number of amides is 1. The van der Waals surface area contributed by atoms with Crippen LogP contribution in [0, 0.1) is 0 Å². The molecule has 1 amide bonds. The van der Waals surface area contributed by atoms with Crippen LogP contribution in [-0.4, -0.2) is 49.5 Å². The van der Waals surface area contributed by atoms with Crippen LogP contribution >= 0.6 is 10.6 Å². The lowest BCUT2D eigenvalue weighted by molar-refractivity contribution is 0.100. The quantitative estimate of drug-likeness (QED) is 0.390. The van der Waals surface area contributed by atoms with Gasteiger partial charge in [0.1, 0.15) is 5.76 Å². The van der Waals surface area contributed by atoms with Gasteiger partial charge in [0.2, 0.25) is 0 Å². The Hall–Kier alpha value is -2.26. The number of fused-ring (bicyclic) bond motifs is 1. The first-order chi connectivity index (χ1) is 15.9. The van der Waals surface area contributed by atoms with Gasteiger partial charge in [-0.2, -0.15) is 10.6 Å². The highest BCUT2D eigenvalue weighted by Gasteiger charge is 2.27. The molecule has 5 rings (SSSR count). The molecule has 5 N–H and O–H groups in total. The number of hydrogen-bond acceptors (Lipinski definition) is 5. The molecule has 0 aliphatic carbocycles. The van der Waals surface area contributed by atoms with Gasteiger partial charge in [0.15, 0.2) is 0 Å². The number of aromatic nitrogens is 1. The molecule has 0 atom stereocenters. The van der Waals surface area contributed by atoms with Crippen molar-refractivity contribution in [2.45, 2.75) is 51.0 Å². The summed E-state index contributed by atoms with van der Waals surface area (Å²) in [6, 6.07) is 6.00. The van der Waals surface area contributed by atoms with Crippen molar-refractivity contribution in [1.82, 2.24) is 9.88 Å². The van der Waals surface area contributed by atoms with Crippen molar-refractivity contribution in [2.24, 2.45) is 5.73 Å². The molecule has 2 fully saturated rings. The summed E-state index contributed by atoms with van der Waals surface area (Å²) in [5, 5.41) is 0.972. The van der Waals surface area contributed by atoms with Crippen molar-refractivity contribution < 1.29 is 18.3 Å². The minimum absolute atomic E-state index is 0.220. The predicted octanol–water partition coefficient (Wildman–Crippen LogP) is 5.53. The zero-order valence-corrected chi connectivity index (χ0v) is 19.7. The maximum absolute atomic E-state index is 12.3. The average molecular weight is 472 g/mol. The van der Waals surface area contributed by atoms with Gasteiger partial charge in [-0.25, -0.2) is 0 Å². The van der Waals surface area contributed by atoms with E-state index in [9.17, 15) is 13.9 Å². The number of carbonyl (C=O) groups is 1. The van der Waals surface area contributed by atoms with E-state index in [4.69, 9.17) is 10.2 Å². The zero-order valence-electron chi connectivity index (χ0n) is 18.9. The largest absolute Gasteiger partial charge is 0.467 e. The van der Waals surface area contributed by atoms with Crippen LogP contribution in [0.5, 0.6) is 0 Å². The Labute approximate surface area is 195 Å². The first-order valence-corrected chi connectivity index (χ1v) is 13.8. The van der Waals surface area contributed by atoms with Crippen molar-refractivity contribution in [3.63, 3.8) is 0 Å². The van der Waals surface area contributed by atoms with Crippen molar-refractivity contribution in [2.75, 3.05) is 24.6 Å². The Morgan fingerprint density at radius 1 is 1.09 bits per heavy atom. The molecular formula is C25H33N3O4S.